The van der Waals surface area contributed by atoms with Crippen molar-refractivity contribution in [2.75, 3.05) is 6.61 Å². The molecule has 1 heterocycles. The fraction of sp³-hybridized carbons (Fsp3) is 0.333. The van der Waals surface area contributed by atoms with E-state index in [1.54, 1.807) is 0 Å². The predicted molar refractivity (Wildman–Crippen MR) is 49.6 cm³/mol. The molecule has 88 valence electrons. The van der Waals surface area contributed by atoms with Crippen molar-refractivity contribution >= 4 is 5.97 Å². The van der Waals surface area contributed by atoms with Crippen LogP contribution in [0.3, 0.4) is 0 Å². The lowest BCUT2D eigenvalue weighted by molar-refractivity contribution is 0.0514. The summed E-state index contributed by atoms with van der Waals surface area (Å²) in [4.78, 5) is 24.1. The number of hydrogen-bond donors (Lipinski definition) is 2. The Morgan fingerprint density at radius 2 is 2.25 bits per heavy atom. The smallest absolute Gasteiger partial charge is 0.358 e. The van der Waals surface area contributed by atoms with Gasteiger partial charge in [0.25, 0.3) is 6.43 Å². The Kier molecular flexibility index (Phi) is 3.60. The molecule has 0 fully saturated rings. The highest BCUT2D eigenvalue weighted by Crippen LogP contribution is 2.28. The van der Waals surface area contributed by atoms with E-state index < -0.39 is 35.0 Å². The van der Waals surface area contributed by atoms with Crippen LogP contribution in [0.2, 0.25) is 0 Å². The number of carbonyl (C=O) groups is 1. The fourth-order valence-corrected chi connectivity index (χ4v) is 1.09. The first-order valence-electron chi connectivity index (χ1n) is 4.38. The van der Waals surface area contributed by atoms with Crippen LogP contribution in [0.4, 0.5) is 8.78 Å². The van der Waals surface area contributed by atoms with Crippen molar-refractivity contribution in [1.82, 2.24) is 4.98 Å². The highest BCUT2D eigenvalue weighted by atomic mass is 19.3. The molecule has 0 amide bonds. The maximum absolute atomic E-state index is 12.4. The second-order valence-corrected chi connectivity index (χ2v) is 2.83. The van der Waals surface area contributed by atoms with Crippen LogP contribution >= 0.6 is 0 Å². The summed E-state index contributed by atoms with van der Waals surface area (Å²) in [6.07, 6.45) is -3.05. The molecule has 1 rings (SSSR count). The second kappa shape index (κ2) is 4.73. The van der Waals surface area contributed by atoms with Gasteiger partial charge in [-0.3, -0.25) is 4.79 Å². The summed E-state index contributed by atoms with van der Waals surface area (Å²) in [7, 11) is 0. The van der Waals surface area contributed by atoms with E-state index in [1.807, 2.05) is 4.98 Å². The Bertz CT molecular complexity index is 455. The third-order valence-corrected chi connectivity index (χ3v) is 1.76. The number of aromatic hydroxyl groups is 1. The maximum Gasteiger partial charge on any atom is 0.358 e. The van der Waals surface area contributed by atoms with Gasteiger partial charge in [0, 0.05) is 6.07 Å². The van der Waals surface area contributed by atoms with Crippen molar-refractivity contribution in [2.45, 2.75) is 13.3 Å². The number of rotatable bonds is 3. The number of aromatic amines is 1. The number of alkyl halides is 2. The number of carbonyl (C=O) groups excluding carboxylic acids is 1. The lowest BCUT2D eigenvalue weighted by atomic mass is 10.2. The molecule has 0 aliphatic carbocycles. The zero-order valence-corrected chi connectivity index (χ0v) is 8.29. The SMILES string of the molecule is CCOC(=O)c1[nH]c(=O)cc(C(F)F)c1O. The third-order valence-electron chi connectivity index (χ3n) is 1.76. The number of pyridine rings is 1. The number of hydrogen-bond acceptors (Lipinski definition) is 4. The molecule has 0 aliphatic rings. The first-order valence-corrected chi connectivity index (χ1v) is 4.38. The molecule has 5 nitrogen and oxygen atoms in total. The Hall–Kier alpha value is -1.92. The minimum Gasteiger partial charge on any atom is -0.505 e. The second-order valence-electron chi connectivity index (χ2n) is 2.83. The minimum absolute atomic E-state index is 0.000784. The minimum atomic E-state index is -3.05. The Morgan fingerprint density at radius 1 is 1.62 bits per heavy atom. The van der Waals surface area contributed by atoms with Gasteiger partial charge < -0.3 is 14.8 Å². The molecule has 0 unspecified atom stereocenters. The van der Waals surface area contributed by atoms with Crippen LogP contribution in [0, 0.1) is 0 Å². The molecule has 0 spiro atoms. The van der Waals surface area contributed by atoms with Crippen molar-refractivity contribution in [1.29, 1.82) is 0 Å². The van der Waals surface area contributed by atoms with Crippen molar-refractivity contribution in [3.63, 3.8) is 0 Å². The number of ether oxygens (including phenoxy) is 1. The van der Waals surface area contributed by atoms with Crippen molar-refractivity contribution in [2.24, 2.45) is 0 Å². The topological polar surface area (TPSA) is 79.4 Å². The van der Waals surface area contributed by atoms with Gasteiger partial charge >= 0.3 is 5.97 Å². The normalized spacial score (nSPS) is 10.5. The van der Waals surface area contributed by atoms with E-state index in [4.69, 9.17) is 0 Å². The Balaban J connectivity index is 3.29. The van der Waals surface area contributed by atoms with E-state index in [-0.39, 0.29) is 6.61 Å². The highest BCUT2D eigenvalue weighted by Gasteiger charge is 2.22. The van der Waals surface area contributed by atoms with E-state index in [0.717, 1.165) is 0 Å². The molecule has 7 heteroatoms. The fourth-order valence-electron chi connectivity index (χ4n) is 1.09. The monoisotopic (exact) mass is 233 g/mol. The summed E-state index contributed by atoms with van der Waals surface area (Å²) in [6, 6.07) is 0.530. The largest absolute Gasteiger partial charge is 0.505 e. The maximum atomic E-state index is 12.4. The molecule has 1 aromatic heterocycles. The van der Waals surface area contributed by atoms with Gasteiger partial charge in [0.15, 0.2) is 11.4 Å². The zero-order valence-electron chi connectivity index (χ0n) is 8.29. The average molecular weight is 233 g/mol. The summed E-state index contributed by atoms with van der Waals surface area (Å²) in [5.74, 6) is -2.02. The van der Waals surface area contributed by atoms with Crippen molar-refractivity contribution in [3.05, 3.63) is 27.7 Å². The lowest BCUT2D eigenvalue weighted by Gasteiger charge is -2.07. The first-order chi connectivity index (χ1) is 7.47. The van der Waals surface area contributed by atoms with Crippen LogP contribution in [0.1, 0.15) is 29.4 Å². The van der Waals surface area contributed by atoms with E-state index >= 15 is 0 Å². The summed E-state index contributed by atoms with van der Waals surface area (Å²) >= 11 is 0. The quantitative estimate of drug-likeness (QED) is 0.768. The molecule has 2 N–H and O–H groups in total. The molecule has 0 bridgehead atoms. The first kappa shape index (κ1) is 12.2. The molecular formula is C9H9F2NO4. The molecule has 0 aromatic carbocycles. The van der Waals surface area contributed by atoms with E-state index in [1.165, 1.54) is 6.92 Å². The summed E-state index contributed by atoms with van der Waals surface area (Å²) in [6.45, 7) is 1.50. The molecule has 0 atom stereocenters. The number of esters is 1. The summed E-state index contributed by atoms with van der Waals surface area (Å²) < 4.78 is 29.2. The summed E-state index contributed by atoms with van der Waals surface area (Å²) in [5.41, 5.74) is -2.47. The number of H-pyrrole nitrogens is 1. The van der Waals surface area contributed by atoms with Crippen LogP contribution in [0.5, 0.6) is 5.75 Å². The third kappa shape index (κ3) is 2.36. The molecule has 16 heavy (non-hydrogen) atoms. The standard InChI is InChI=1S/C9H9F2NO4/c1-2-16-9(15)6-7(14)4(8(10)11)3-5(13)12-6/h3,8,14H,2H2,1H3,(H,12,13). The van der Waals surface area contributed by atoms with Crippen LogP contribution in [0.15, 0.2) is 10.9 Å². The van der Waals surface area contributed by atoms with Gasteiger partial charge in [-0.1, -0.05) is 0 Å². The average Bonchev–Trinajstić information content (AvgIpc) is 2.20. The van der Waals surface area contributed by atoms with Gasteiger partial charge in [-0.15, -0.1) is 0 Å². The number of nitrogens with one attached hydrogen (secondary N) is 1. The molecule has 0 aliphatic heterocycles. The van der Waals surface area contributed by atoms with E-state index in [0.29, 0.717) is 6.07 Å². The predicted octanol–water partition coefficient (Wildman–Crippen LogP) is 1.19. The molecule has 0 saturated heterocycles. The van der Waals surface area contributed by atoms with Gasteiger partial charge in [-0.25, -0.2) is 13.6 Å². The van der Waals surface area contributed by atoms with Crippen LogP contribution in [-0.2, 0) is 4.74 Å². The Morgan fingerprint density at radius 3 is 2.75 bits per heavy atom. The van der Waals surface area contributed by atoms with E-state index in [9.17, 15) is 23.5 Å². The van der Waals surface area contributed by atoms with Gasteiger partial charge in [-0.05, 0) is 6.92 Å². The molecule has 0 saturated carbocycles. The van der Waals surface area contributed by atoms with Gasteiger partial charge in [-0.2, -0.15) is 0 Å². The highest BCUT2D eigenvalue weighted by molar-refractivity contribution is 5.90. The molecule has 1 aromatic rings. The Labute approximate surface area is 88.7 Å². The molecular weight excluding hydrogens is 224 g/mol. The van der Waals surface area contributed by atoms with E-state index in [2.05, 4.69) is 4.74 Å². The zero-order chi connectivity index (χ0) is 12.3. The number of halogens is 2. The van der Waals surface area contributed by atoms with Crippen molar-refractivity contribution < 1.29 is 23.4 Å². The number of aromatic nitrogens is 1. The van der Waals surface area contributed by atoms with Crippen molar-refractivity contribution in [3.8, 4) is 5.75 Å². The summed E-state index contributed by atoms with van der Waals surface area (Å²) in [5, 5.41) is 9.33. The lowest BCUT2D eigenvalue weighted by Crippen LogP contribution is -2.16. The van der Waals surface area contributed by atoms with Gasteiger partial charge in [0.2, 0.25) is 5.56 Å². The van der Waals surface area contributed by atoms with Crippen LogP contribution < -0.4 is 5.56 Å². The van der Waals surface area contributed by atoms with Gasteiger partial charge in [0.1, 0.15) is 0 Å². The molecule has 0 radical (unpaired) electrons. The van der Waals surface area contributed by atoms with Gasteiger partial charge in [0.05, 0.1) is 12.2 Å². The van der Waals surface area contributed by atoms with Crippen LogP contribution in [-0.4, -0.2) is 22.7 Å². The van der Waals surface area contributed by atoms with Crippen LogP contribution in [0.25, 0.3) is 0 Å².